The molecular formula is C21H20N4O4. The summed E-state index contributed by atoms with van der Waals surface area (Å²) in [4.78, 5) is 42.2. The Bertz CT molecular complexity index is 1210. The lowest BCUT2D eigenvalue weighted by atomic mass is 10.1. The summed E-state index contributed by atoms with van der Waals surface area (Å²) >= 11 is 0. The van der Waals surface area contributed by atoms with E-state index >= 15 is 0 Å². The van der Waals surface area contributed by atoms with Crippen LogP contribution in [0.2, 0.25) is 0 Å². The van der Waals surface area contributed by atoms with Gasteiger partial charge in [0.1, 0.15) is 5.56 Å². The molecule has 0 saturated carbocycles. The number of aromatic hydroxyl groups is 1. The molecule has 0 aliphatic rings. The second kappa shape index (κ2) is 8.39. The summed E-state index contributed by atoms with van der Waals surface area (Å²) in [5, 5.41) is 13.3. The van der Waals surface area contributed by atoms with Gasteiger partial charge in [-0.3, -0.25) is 19.6 Å². The highest BCUT2D eigenvalue weighted by molar-refractivity contribution is 5.89. The number of hydrogen-bond donors (Lipinski definition) is 3. The van der Waals surface area contributed by atoms with E-state index in [4.69, 9.17) is 0 Å². The Morgan fingerprint density at radius 2 is 1.97 bits per heavy atom. The fraction of sp³-hybridized carbons (Fsp3) is 0.143. The molecule has 0 aliphatic carbocycles. The van der Waals surface area contributed by atoms with E-state index < -0.39 is 17.1 Å². The molecule has 0 aliphatic heterocycles. The van der Waals surface area contributed by atoms with Crippen molar-refractivity contribution in [1.29, 1.82) is 0 Å². The molecule has 0 saturated heterocycles. The number of aryl methyl sites for hydroxylation is 1. The quantitative estimate of drug-likeness (QED) is 0.578. The first kappa shape index (κ1) is 19.8. The molecule has 2 aromatic carbocycles. The largest absolute Gasteiger partial charge is 0.493 e. The average Bonchev–Trinajstić information content (AvgIpc) is 2.67. The molecule has 1 aromatic heterocycles. The third kappa shape index (κ3) is 4.32. The number of amides is 1. The Balaban J connectivity index is 2.08. The van der Waals surface area contributed by atoms with E-state index in [9.17, 15) is 19.5 Å². The lowest BCUT2D eigenvalue weighted by Gasteiger charge is -2.13. The van der Waals surface area contributed by atoms with E-state index in [0.717, 1.165) is 10.1 Å². The fourth-order valence-corrected chi connectivity index (χ4v) is 2.91. The second-order valence-corrected chi connectivity index (χ2v) is 6.30. The number of carbonyl (C=O) groups is 1. The fourth-order valence-electron chi connectivity index (χ4n) is 2.91. The van der Waals surface area contributed by atoms with Crippen molar-refractivity contribution in [1.82, 2.24) is 9.55 Å². The van der Waals surface area contributed by atoms with Crippen molar-refractivity contribution in [3.8, 4) is 11.6 Å². The molecule has 0 fully saturated rings. The summed E-state index contributed by atoms with van der Waals surface area (Å²) in [6, 6.07) is 13.8. The monoisotopic (exact) mass is 392 g/mol. The number of H-pyrrole nitrogens is 1. The highest BCUT2D eigenvalue weighted by atomic mass is 16.3. The number of aromatic nitrogens is 2. The molecule has 0 spiro atoms. The number of rotatable bonds is 5. The molecule has 3 rings (SSSR count). The molecule has 0 radical (unpaired) electrons. The molecule has 1 heterocycles. The SMILES string of the molecule is CCc1ccccc1-n1c(O)c(C=Nc2cccc(NC(C)=O)c2)c(=O)[nH]c1=O. The van der Waals surface area contributed by atoms with Gasteiger partial charge in [0.15, 0.2) is 0 Å². The maximum absolute atomic E-state index is 12.4. The maximum Gasteiger partial charge on any atom is 0.335 e. The molecule has 8 nitrogen and oxygen atoms in total. The number of aromatic amines is 1. The van der Waals surface area contributed by atoms with Crippen LogP contribution in [-0.4, -0.2) is 26.8 Å². The highest BCUT2D eigenvalue weighted by Crippen LogP contribution is 2.21. The second-order valence-electron chi connectivity index (χ2n) is 6.30. The average molecular weight is 392 g/mol. The lowest BCUT2D eigenvalue weighted by molar-refractivity contribution is -0.114. The van der Waals surface area contributed by atoms with Gasteiger partial charge in [-0.15, -0.1) is 0 Å². The molecule has 148 valence electrons. The van der Waals surface area contributed by atoms with Gasteiger partial charge in [-0.1, -0.05) is 31.2 Å². The highest BCUT2D eigenvalue weighted by Gasteiger charge is 2.16. The van der Waals surface area contributed by atoms with Gasteiger partial charge in [0.25, 0.3) is 5.56 Å². The van der Waals surface area contributed by atoms with E-state index in [1.54, 1.807) is 36.4 Å². The summed E-state index contributed by atoms with van der Waals surface area (Å²) < 4.78 is 1.05. The number of carbonyl (C=O) groups excluding carboxylic acids is 1. The molecule has 0 bridgehead atoms. The van der Waals surface area contributed by atoms with Crippen molar-refractivity contribution >= 4 is 23.5 Å². The van der Waals surface area contributed by atoms with Crippen LogP contribution >= 0.6 is 0 Å². The standard InChI is InChI=1S/C21H20N4O4/c1-3-14-7-4-5-10-18(14)25-20(28)17(19(27)24-21(25)29)12-22-15-8-6-9-16(11-15)23-13(2)26/h4-12,28H,3H2,1-2H3,(H,23,26)(H,24,27,29). The minimum Gasteiger partial charge on any atom is -0.493 e. The van der Waals surface area contributed by atoms with Crippen LogP contribution in [0.4, 0.5) is 11.4 Å². The Labute approximate surface area is 166 Å². The first-order valence-corrected chi connectivity index (χ1v) is 8.99. The van der Waals surface area contributed by atoms with Gasteiger partial charge in [-0.05, 0) is 36.2 Å². The van der Waals surface area contributed by atoms with E-state index in [1.807, 2.05) is 19.1 Å². The maximum atomic E-state index is 12.4. The van der Waals surface area contributed by atoms with Crippen molar-refractivity contribution in [3.05, 3.63) is 80.5 Å². The minimum atomic E-state index is -0.750. The smallest absolute Gasteiger partial charge is 0.335 e. The summed E-state index contributed by atoms with van der Waals surface area (Å²) in [5.41, 5.74) is 0.686. The lowest BCUT2D eigenvalue weighted by Crippen LogP contribution is -2.31. The number of hydrogen-bond acceptors (Lipinski definition) is 5. The molecule has 29 heavy (non-hydrogen) atoms. The zero-order valence-electron chi connectivity index (χ0n) is 16.0. The minimum absolute atomic E-state index is 0.152. The van der Waals surface area contributed by atoms with Crippen molar-refractivity contribution in [2.75, 3.05) is 5.32 Å². The normalized spacial score (nSPS) is 11.0. The van der Waals surface area contributed by atoms with Crippen LogP contribution in [0.1, 0.15) is 25.0 Å². The van der Waals surface area contributed by atoms with Crippen LogP contribution in [0, 0.1) is 0 Å². The van der Waals surface area contributed by atoms with Crippen LogP contribution in [0.3, 0.4) is 0 Å². The summed E-state index contributed by atoms with van der Waals surface area (Å²) in [6.07, 6.45) is 1.83. The van der Waals surface area contributed by atoms with Gasteiger partial charge in [0, 0.05) is 18.8 Å². The zero-order valence-corrected chi connectivity index (χ0v) is 16.0. The van der Waals surface area contributed by atoms with E-state index in [-0.39, 0.29) is 11.5 Å². The van der Waals surface area contributed by atoms with Gasteiger partial charge >= 0.3 is 5.69 Å². The van der Waals surface area contributed by atoms with Gasteiger partial charge < -0.3 is 10.4 Å². The van der Waals surface area contributed by atoms with Crippen molar-refractivity contribution in [2.24, 2.45) is 4.99 Å². The van der Waals surface area contributed by atoms with Crippen LogP contribution in [0.25, 0.3) is 5.69 Å². The van der Waals surface area contributed by atoms with Gasteiger partial charge in [-0.25, -0.2) is 9.36 Å². The number of nitrogens with zero attached hydrogens (tertiary/aromatic N) is 2. The Hall–Kier alpha value is -3.94. The first-order chi connectivity index (χ1) is 13.9. The van der Waals surface area contributed by atoms with Crippen LogP contribution in [0.5, 0.6) is 5.88 Å². The summed E-state index contributed by atoms with van der Waals surface area (Å²) in [6.45, 7) is 3.32. The van der Waals surface area contributed by atoms with Gasteiger partial charge in [0.05, 0.1) is 11.4 Å². The summed E-state index contributed by atoms with van der Waals surface area (Å²) in [7, 11) is 0. The number of benzene rings is 2. The number of para-hydroxylation sites is 1. The molecule has 8 heteroatoms. The van der Waals surface area contributed by atoms with E-state index in [0.29, 0.717) is 23.5 Å². The van der Waals surface area contributed by atoms with Crippen LogP contribution in [0.15, 0.2) is 63.1 Å². The third-order valence-electron chi connectivity index (χ3n) is 4.24. The number of nitrogens with one attached hydrogen (secondary N) is 2. The molecule has 3 N–H and O–H groups in total. The molecule has 1 amide bonds. The predicted molar refractivity (Wildman–Crippen MR) is 112 cm³/mol. The van der Waals surface area contributed by atoms with E-state index in [1.165, 1.54) is 13.1 Å². The topological polar surface area (TPSA) is 117 Å². The molecule has 3 aromatic rings. The van der Waals surface area contributed by atoms with Crippen molar-refractivity contribution in [2.45, 2.75) is 20.3 Å². The molecule has 0 atom stereocenters. The Kier molecular flexibility index (Phi) is 5.73. The predicted octanol–water partition coefficient (Wildman–Crippen LogP) is 2.50. The number of aliphatic imine (C=N–C) groups is 1. The summed E-state index contributed by atoms with van der Waals surface area (Å²) in [5.74, 6) is -0.719. The van der Waals surface area contributed by atoms with Crippen LogP contribution in [-0.2, 0) is 11.2 Å². The van der Waals surface area contributed by atoms with Crippen LogP contribution < -0.4 is 16.6 Å². The van der Waals surface area contributed by atoms with Gasteiger partial charge in [0.2, 0.25) is 11.8 Å². The first-order valence-electron chi connectivity index (χ1n) is 8.99. The Morgan fingerprint density at radius 1 is 1.21 bits per heavy atom. The zero-order chi connectivity index (χ0) is 21.0. The third-order valence-corrected chi connectivity index (χ3v) is 4.24. The molecular weight excluding hydrogens is 372 g/mol. The van der Waals surface area contributed by atoms with E-state index in [2.05, 4.69) is 15.3 Å². The molecule has 0 unspecified atom stereocenters. The number of anilines is 1. The van der Waals surface area contributed by atoms with Crippen molar-refractivity contribution in [3.63, 3.8) is 0 Å². The van der Waals surface area contributed by atoms with Gasteiger partial charge in [-0.2, -0.15) is 0 Å². The van der Waals surface area contributed by atoms with Crippen molar-refractivity contribution < 1.29 is 9.90 Å². The Morgan fingerprint density at radius 3 is 2.69 bits per heavy atom.